The van der Waals surface area contributed by atoms with Gasteiger partial charge in [-0.05, 0) is 54.4 Å². The molecule has 2 saturated heterocycles. The van der Waals surface area contributed by atoms with E-state index in [9.17, 15) is 9.18 Å². The third kappa shape index (κ3) is 2.68. The number of benzene rings is 1. The minimum atomic E-state index is -0.432. The van der Waals surface area contributed by atoms with Crippen LogP contribution in [0.15, 0.2) is 22.7 Å². The second kappa shape index (κ2) is 5.91. The number of halogens is 2. The Bertz CT molecular complexity index is 598. The van der Waals surface area contributed by atoms with Crippen LogP contribution in [0.3, 0.4) is 0 Å². The predicted molar refractivity (Wildman–Crippen MR) is 85.1 cm³/mol. The SMILES string of the molecule is C[C@@H]1CC2(COCC(=O)N2)C(Cc2cccc(Br)c2F)N1C. The van der Waals surface area contributed by atoms with Crippen LogP contribution in [0.1, 0.15) is 18.9 Å². The molecule has 22 heavy (non-hydrogen) atoms. The first-order valence-corrected chi connectivity index (χ1v) is 8.26. The Balaban J connectivity index is 1.91. The van der Waals surface area contributed by atoms with Gasteiger partial charge in [-0.1, -0.05) is 12.1 Å². The van der Waals surface area contributed by atoms with Crippen LogP contribution in [0.4, 0.5) is 4.39 Å². The molecule has 2 unspecified atom stereocenters. The van der Waals surface area contributed by atoms with E-state index in [2.05, 4.69) is 33.1 Å². The number of amides is 1. The second-order valence-corrected chi connectivity index (χ2v) is 7.20. The van der Waals surface area contributed by atoms with Crippen molar-refractivity contribution < 1.29 is 13.9 Å². The molecule has 1 spiro atoms. The van der Waals surface area contributed by atoms with Crippen molar-refractivity contribution in [2.24, 2.45) is 0 Å². The molecule has 0 aromatic heterocycles. The quantitative estimate of drug-likeness (QED) is 0.866. The number of nitrogens with one attached hydrogen (secondary N) is 1. The number of hydrogen-bond acceptors (Lipinski definition) is 3. The fraction of sp³-hybridized carbons (Fsp3) is 0.562. The number of rotatable bonds is 2. The second-order valence-electron chi connectivity index (χ2n) is 6.35. The molecule has 0 bridgehead atoms. The number of morpholine rings is 1. The highest BCUT2D eigenvalue weighted by Gasteiger charge is 2.51. The van der Waals surface area contributed by atoms with Crippen molar-refractivity contribution >= 4 is 21.8 Å². The van der Waals surface area contributed by atoms with Gasteiger partial charge in [0.1, 0.15) is 12.4 Å². The van der Waals surface area contributed by atoms with Gasteiger partial charge in [0.05, 0.1) is 16.6 Å². The Kier molecular flexibility index (Phi) is 4.27. The number of ether oxygens (including phenoxy) is 1. The molecule has 2 aliphatic heterocycles. The lowest BCUT2D eigenvalue weighted by Crippen LogP contribution is -2.63. The highest BCUT2D eigenvalue weighted by molar-refractivity contribution is 9.10. The minimum absolute atomic E-state index is 0.00977. The third-order valence-electron chi connectivity index (χ3n) is 4.91. The Labute approximate surface area is 138 Å². The van der Waals surface area contributed by atoms with Crippen LogP contribution in [0, 0.1) is 5.82 Å². The summed E-state index contributed by atoms with van der Waals surface area (Å²) in [4.78, 5) is 14.0. The average molecular weight is 371 g/mol. The van der Waals surface area contributed by atoms with E-state index >= 15 is 0 Å². The summed E-state index contributed by atoms with van der Waals surface area (Å²) in [7, 11) is 2.03. The first-order chi connectivity index (χ1) is 10.4. The summed E-state index contributed by atoms with van der Waals surface area (Å²) in [5, 5.41) is 3.12. The van der Waals surface area contributed by atoms with Gasteiger partial charge < -0.3 is 10.1 Å². The molecule has 1 aromatic carbocycles. The smallest absolute Gasteiger partial charge is 0.246 e. The van der Waals surface area contributed by atoms with Gasteiger partial charge in [0.2, 0.25) is 5.91 Å². The number of likely N-dealkylation sites (N-methyl/N-ethyl adjacent to an activating group) is 1. The first-order valence-electron chi connectivity index (χ1n) is 7.46. The monoisotopic (exact) mass is 370 g/mol. The number of carbonyl (C=O) groups is 1. The Morgan fingerprint density at radius 1 is 1.55 bits per heavy atom. The normalized spacial score (nSPS) is 32.5. The van der Waals surface area contributed by atoms with Crippen molar-refractivity contribution in [1.82, 2.24) is 10.2 Å². The lowest BCUT2D eigenvalue weighted by Gasteiger charge is -2.40. The van der Waals surface area contributed by atoms with E-state index in [4.69, 9.17) is 4.74 Å². The standard InChI is InChI=1S/C16H20BrFN2O2/c1-10-7-16(9-22-8-14(21)19-16)13(20(10)2)6-11-4-3-5-12(17)15(11)18/h3-5,10,13H,6-9H2,1-2H3,(H,19,21)/t10-,13?,16?/m1/s1. The molecule has 2 fully saturated rings. The molecule has 0 saturated carbocycles. The van der Waals surface area contributed by atoms with Crippen molar-refractivity contribution in [3.63, 3.8) is 0 Å². The van der Waals surface area contributed by atoms with Crippen LogP contribution >= 0.6 is 15.9 Å². The molecular formula is C16H20BrFN2O2. The van der Waals surface area contributed by atoms with Crippen LogP contribution in [0.25, 0.3) is 0 Å². The highest BCUT2D eigenvalue weighted by atomic mass is 79.9. The van der Waals surface area contributed by atoms with Gasteiger partial charge in [-0.15, -0.1) is 0 Å². The van der Waals surface area contributed by atoms with Gasteiger partial charge in [0, 0.05) is 12.1 Å². The summed E-state index contributed by atoms with van der Waals surface area (Å²) in [6.45, 7) is 2.71. The lowest BCUT2D eigenvalue weighted by molar-refractivity contribution is -0.136. The average Bonchev–Trinajstić information content (AvgIpc) is 2.68. The molecule has 3 rings (SSSR count). The summed E-state index contributed by atoms with van der Waals surface area (Å²) in [6, 6.07) is 5.65. The van der Waals surface area contributed by atoms with Crippen molar-refractivity contribution in [3.05, 3.63) is 34.1 Å². The molecule has 0 radical (unpaired) electrons. The summed E-state index contributed by atoms with van der Waals surface area (Å²) >= 11 is 3.24. The number of likely N-dealkylation sites (tertiary alicyclic amines) is 1. The van der Waals surface area contributed by atoms with Crippen molar-refractivity contribution in [1.29, 1.82) is 0 Å². The maximum Gasteiger partial charge on any atom is 0.246 e. The Morgan fingerprint density at radius 3 is 3.05 bits per heavy atom. The molecule has 1 amide bonds. The fourth-order valence-electron chi connectivity index (χ4n) is 3.72. The Morgan fingerprint density at radius 2 is 2.32 bits per heavy atom. The first kappa shape index (κ1) is 15.9. The number of hydrogen-bond donors (Lipinski definition) is 1. The molecular weight excluding hydrogens is 351 g/mol. The number of nitrogens with zero attached hydrogens (tertiary/aromatic N) is 1. The Hall–Kier alpha value is -0.980. The van der Waals surface area contributed by atoms with E-state index in [1.165, 1.54) is 0 Å². The molecule has 120 valence electrons. The molecule has 1 aromatic rings. The molecule has 2 aliphatic rings. The lowest BCUT2D eigenvalue weighted by atomic mass is 9.85. The largest absolute Gasteiger partial charge is 0.369 e. The maximum atomic E-state index is 14.3. The van der Waals surface area contributed by atoms with Gasteiger partial charge in [-0.2, -0.15) is 0 Å². The predicted octanol–water partition coefficient (Wildman–Crippen LogP) is 2.11. The van der Waals surface area contributed by atoms with Gasteiger partial charge in [-0.25, -0.2) is 4.39 Å². The number of carbonyl (C=O) groups excluding carboxylic acids is 1. The maximum absolute atomic E-state index is 14.3. The van der Waals surface area contributed by atoms with Crippen LogP contribution < -0.4 is 5.32 Å². The molecule has 0 aliphatic carbocycles. The summed E-state index contributed by atoms with van der Waals surface area (Å²) in [5.41, 5.74) is 0.220. The van der Waals surface area contributed by atoms with Gasteiger partial charge >= 0.3 is 0 Å². The van der Waals surface area contributed by atoms with E-state index in [0.717, 1.165) is 6.42 Å². The van der Waals surface area contributed by atoms with E-state index in [1.54, 1.807) is 12.1 Å². The summed E-state index contributed by atoms with van der Waals surface area (Å²) in [6.07, 6.45) is 1.35. The van der Waals surface area contributed by atoms with Crippen LogP contribution in [-0.2, 0) is 16.0 Å². The molecule has 1 N–H and O–H groups in total. The molecule has 3 atom stereocenters. The van der Waals surface area contributed by atoms with Gasteiger partial charge in [-0.3, -0.25) is 9.69 Å². The third-order valence-corrected chi connectivity index (χ3v) is 5.52. The molecule has 6 heteroatoms. The van der Waals surface area contributed by atoms with Crippen LogP contribution in [-0.4, -0.2) is 48.7 Å². The topological polar surface area (TPSA) is 41.6 Å². The van der Waals surface area contributed by atoms with Crippen molar-refractivity contribution in [2.75, 3.05) is 20.3 Å². The van der Waals surface area contributed by atoms with Crippen molar-refractivity contribution in [2.45, 2.75) is 37.4 Å². The zero-order valence-corrected chi connectivity index (χ0v) is 14.3. The van der Waals surface area contributed by atoms with Crippen LogP contribution in [0.2, 0.25) is 0 Å². The minimum Gasteiger partial charge on any atom is -0.369 e. The molecule has 2 heterocycles. The van der Waals surface area contributed by atoms with Crippen molar-refractivity contribution in [3.8, 4) is 0 Å². The van der Waals surface area contributed by atoms with E-state index in [-0.39, 0.29) is 24.4 Å². The zero-order chi connectivity index (χ0) is 15.9. The van der Waals surface area contributed by atoms with Gasteiger partial charge in [0.25, 0.3) is 0 Å². The van der Waals surface area contributed by atoms with E-state index < -0.39 is 5.54 Å². The van der Waals surface area contributed by atoms with Gasteiger partial charge in [0.15, 0.2) is 0 Å². The zero-order valence-electron chi connectivity index (χ0n) is 12.7. The fourth-order valence-corrected chi connectivity index (χ4v) is 4.13. The summed E-state index contributed by atoms with van der Waals surface area (Å²) in [5.74, 6) is -0.317. The van der Waals surface area contributed by atoms with Crippen LogP contribution in [0.5, 0.6) is 0 Å². The molecule has 4 nitrogen and oxygen atoms in total. The van der Waals surface area contributed by atoms with E-state index in [0.29, 0.717) is 29.1 Å². The highest BCUT2D eigenvalue weighted by Crippen LogP contribution is 2.36. The van der Waals surface area contributed by atoms with E-state index in [1.807, 2.05) is 13.1 Å². The summed E-state index contributed by atoms with van der Waals surface area (Å²) < 4.78 is 20.3.